The van der Waals surface area contributed by atoms with Gasteiger partial charge in [-0.1, -0.05) is 0 Å². The highest BCUT2D eigenvalue weighted by Gasteiger charge is 2.43. The molecule has 0 aromatic rings. The second-order valence-electron chi connectivity index (χ2n) is 4.80. The minimum absolute atomic E-state index is 0.0516. The zero-order valence-electron chi connectivity index (χ0n) is 10.5. The lowest BCUT2D eigenvalue weighted by molar-refractivity contribution is 0.0259. The van der Waals surface area contributed by atoms with Crippen molar-refractivity contribution in [1.82, 2.24) is 9.80 Å². The van der Waals surface area contributed by atoms with Gasteiger partial charge in [0.15, 0.2) is 0 Å². The number of likely N-dealkylation sites (N-methyl/N-ethyl adjacent to an activating group) is 2. The second kappa shape index (κ2) is 5.25. The fourth-order valence-corrected chi connectivity index (χ4v) is 2.27. The maximum atomic E-state index is 5.93. The molecule has 4 heteroatoms. The van der Waals surface area contributed by atoms with Crippen LogP contribution < -0.4 is 5.73 Å². The Hall–Kier alpha value is -0.160. The molecule has 0 bridgehead atoms. The predicted octanol–water partition coefficient (Wildman–Crippen LogP) is -0.0139. The van der Waals surface area contributed by atoms with Gasteiger partial charge in [0.25, 0.3) is 0 Å². The lowest BCUT2D eigenvalue weighted by Gasteiger charge is -2.40. The van der Waals surface area contributed by atoms with Crippen molar-refractivity contribution >= 4 is 0 Å². The number of ether oxygens (including phenoxy) is 1. The molecule has 0 saturated carbocycles. The molecule has 1 aliphatic heterocycles. The van der Waals surface area contributed by atoms with Crippen LogP contribution in [0.5, 0.6) is 0 Å². The van der Waals surface area contributed by atoms with E-state index in [-0.39, 0.29) is 11.6 Å². The maximum Gasteiger partial charge on any atom is 0.0743 e. The molecule has 0 aromatic carbocycles. The fourth-order valence-electron chi connectivity index (χ4n) is 2.27. The van der Waals surface area contributed by atoms with Gasteiger partial charge in [-0.3, -0.25) is 4.90 Å². The average Bonchev–Trinajstić information content (AvgIpc) is 2.57. The first-order valence-corrected chi connectivity index (χ1v) is 5.70. The summed E-state index contributed by atoms with van der Waals surface area (Å²) < 4.78 is 5.65. The number of hydrogen-bond donors (Lipinski definition) is 1. The molecule has 1 saturated heterocycles. The Kier molecular flexibility index (Phi) is 4.52. The number of rotatable bonds is 5. The van der Waals surface area contributed by atoms with Crippen LogP contribution in [0.4, 0.5) is 0 Å². The molecule has 4 nitrogen and oxygen atoms in total. The van der Waals surface area contributed by atoms with E-state index in [0.717, 1.165) is 26.1 Å². The van der Waals surface area contributed by atoms with E-state index in [0.29, 0.717) is 6.54 Å². The molecular weight excluding hydrogens is 190 g/mol. The summed E-state index contributed by atoms with van der Waals surface area (Å²) in [5.74, 6) is 0. The van der Waals surface area contributed by atoms with Gasteiger partial charge in [-0.2, -0.15) is 0 Å². The highest BCUT2D eigenvalue weighted by atomic mass is 16.5. The van der Waals surface area contributed by atoms with Gasteiger partial charge in [-0.05, 0) is 34.5 Å². The van der Waals surface area contributed by atoms with E-state index in [9.17, 15) is 0 Å². The van der Waals surface area contributed by atoms with Crippen molar-refractivity contribution in [2.75, 3.05) is 47.4 Å². The lowest BCUT2D eigenvalue weighted by Crippen LogP contribution is -2.57. The molecule has 0 radical (unpaired) electrons. The quantitative estimate of drug-likeness (QED) is 0.700. The van der Waals surface area contributed by atoms with Gasteiger partial charge in [-0.15, -0.1) is 0 Å². The molecular formula is C11H25N3O. The van der Waals surface area contributed by atoms with E-state index in [1.165, 1.54) is 0 Å². The largest absolute Gasteiger partial charge is 0.376 e. The van der Waals surface area contributed by atoms with Crippen molar-refractivity contribution in [3.8, 4) is 0 Å². The third-order valence-corrected chi connectivity index (χ3v) is 3.66. The molecule has 1 heterocycles. The molecule has 1 fully saturated rings. The summed E-state index contributed by atoms with van der Waals surface area (Å²) >= 11 is 0. The van der Waals surface area contributed by atoms with Gasteiger partial charge in [-0.25, -0.2) is 0 Å². The van der Waals surface area contributed by atoms with Crippen LogP contribution in [-0.2, 0) is 4.74 Å². The summed E-state index contributed by atoms with van der Waals surface area (Å²) in [5, 5.41) is 0. The minimum atomic E-state index is 0.0516. The Morgan fingerprint density at radius 2 is 2.00 bits per heavy atom. The van der Waals surface area contributed by atoms with E-state index in [4.69, 9.17) is 10.5 Å². The van der Waals surface area contributed by atoms with Gasteiger partial charge < -0.3 is 15.4 Å². The summed E-state index contributed by atoms with van der Waals surface area (Å²) in [6.07, 6.45) is 1.30. The Morgan fingerprint density at radius 3 is 2.40 bits per heavy atom. The zero-order valence-corrected chi connectivity index (χ0v) is 10.5. The third kappa shape index (κ3) is 2.69. The summed E-state index contributed by atoms with van der Waals surface area (Å²) in [7, 11) is 6.34. The number of nitrogens with zero attached hydrogens (tertiary/aromatic N) is 2. The normalized spacial score (nSPS) is 31.8. The lowest BCUT2D eigenvalue weighted by atomic mass is 9.90. The van der Waals surface area contributed by atoms with Crippen LogP contribution in [0.3, 0.4) is 0 Å². The van der Waals surface area contributed by atoms with E-state index < -0.39 is 0 Å². The molecule has 2 N–H and O–H groups in total. The topological polar surface area (TPSA) is 41.7 Å². The van der Waals surface area contributed by atoms with Crippen molar-refractivity contribution < 1.29 is 4.74 Å². The van der Waals surface area contributed by atoms with Crippen LogP contribution in [0.15, 0.2) is 0 Å². The van der Waals surface area contributed by atoms with Crippen LogP contribution in [0.1, 0.15) is 13.3 Å². The Morgan fingerprint density at radius 1 is 1.33 bits per heavy atom. The molecule has 90 valence electrons. The number of nitrogens with two attached hydrogens (primary N) is 1. The monoisotopic (exact) mass is 215 g/mol. The molecule has 0 aromatic heterocycles. The Bertz CT molecular complexity index is 198. The number of hydrogen-bond acceptors (Lipinski definition) is 4. The molecule has 1 aliphatic rings. The zero-order chi connectivity index (χ0) is 11.5. The predicted molar refractivity (Wildman–Crippen MR) is 63.0 cm³/mol. The molecule has 0 spiro atoms. The molecule has 15 heavy (non-hydrogen) atoms. The Labute approximate surface area is 93.4 Å². The molecule has 0 amide bonds. The second-order valence-corrected chi connectivity index (χ2v) is 4.80. The highest BCUT2D eigenvalue weighted by molar-refractivity contribution is 4.99. The van der Waals surface area contributed by atoms with Gasteiger partial charge in [0.2, 0.25) is 0 Å². The first-order valence-electron chi connectivity index (χ1n) is 5.70. The van der Waals surface area contributed by atoms with Gasteiger partial charge in [0.1, 0.15) is 0 Å². The summed E-state index contributed by atoms with van der Waals surface area (Å²) in [6.45, 7) is 5.75. The van der Waals surface area contributed by atoms with Crippen LogP contribution in [0, 0.1) is 0 Å². The van der Waals surface area contributed by atoms with E-state index >= 15 is 0 Å². The molecule has 2 atom stereocenters. The van der Waals surface area contributed by atoms with Crippen LogP contribution in [0.2, 0.25) is 0 Å². The summed E-state index contributed by atoms with van der Waals surface area (Å²) in [5.41, 5.74) is 5.98. The van der Waals surface area contributed by atoms with E-state index in [2.05, 4.69) is 37.9 Å². The molecule has 0 aliphatic carbocycles. The summed E-state index contributed by atoms with van der Waals surface area (Å²) in [6, 6.07) is 0. The standard InChI is InChI=1S/C11H25N3O/c1-10-11(9-12,5-8-15-10)14(4)7-6-13(2)3/h10H,5-9,12H2,1-4H3. The molecule has 1 rings (SSSR count). The highest BCUT2D eigenvalue weighted by Crippen LogP contribution is 2.30. The van der Waals surface area contributed by atoms with Gasteiger partial charge >= 0.3 is 0 Å². The SMILES string of the molecule is CC1OCCC1(CN)N(C)CCN(C)C. The maximum absolute atomic E-state index is 5.93. The smallest absolute Gasteiger partial charge is 0.0743 e. The van der Waals surface area contributed by atoms with Crippen LogP contribution in [-0.4, -0.2) is 68.8 Å². The van der Waals surface area contributed by atoms with Crippen molar-refractivity contribution in [3.63, 3.8) is 0 Å². The average molecular weight is 215 g/mol. The van der Waals surface area contributed by atoms with E-state index in [1.807, 2.05) is 0 Å². The van der Waals surface area contributed by atoms with Gasteiger partial charge in [0, 0.05) is 26.2 Å². The van der Waals surface area contributed by atoms with Crippen LogP contribution in [0.25, 0.3) is 0 Å². The van der Waals surface area contributed by atoms with Gasteiger partial charge in [0.05, 0.1) is 11.6 Å². The first kappa shape index (κ1) is 12.9. The van der Waals surface area contributed by atoms with Crippen molar-refractivity contribution in [1.29, 1.82) is 0 Å². The van der Waals surface area contributed by atoms with Crippen molar-refractivity contribution in [3.05, 3.63) is 0 Å². The van der Waals surface area contributed by atoms with Crippen molar-refractivity contribution in [2.24, 2.45) is 5.73 Å². The minimum Gasteiger partial charge on any atom is -0.376 e. The fraction of sp³-hybridized carbons (Fsp3) is 1.00. The third-order valence-electron chi connectivity index (χ3n) is 3.66. The molecule has 2 unspecified atom stereocenters. The Balaban J connectivity index is 2.57. The van der Waals surface area contributed by atoms with Crippen LogP contribution >= 0.6 is 0 Å². The first-order chi connectivity index (χ1) is 7.03. The van der Waals surface area contributed by atoms with E-state index in [1.54, 1.807) is 0 Å². The van der Waals surface area contributed by atoms with Crippen molar-refractivity contribution in [2.45, 2.75) is 25.0 Å². The summed E-state index contributed by atoms with van der Waals surface area (Å²) in [4.78, 5) is 4.56.